The van der Waals surface area contributed by atoms with Crippen molar-refractivity contribution in [3.05, 3.63) is 40.7 Å². The van der Waals surface area contributed by atoms with Gasteiger partial charge in [-0.15, -0.1) is 5.10 Å². The molecule has 2 fully saturated rings. The van der Waals surface area contributed by atoms with Crippen LogP contribution in [0, 0.1) is 0 Å². The molecule has 25 heavy (non-hydrogen) atoms. The standard InChI is InChI=1S/C16H19ClN6O2/c17-10-5-3-9(4-6-10)11-8-12(21-20-11)15(24)19-16-18-14(22-23-16)13-2-1-7-25-13/h3-6,11-13,20-21H,1-2,7-8H2,(H2,18,19,22,23,24). The lowest BCUT2D eigenvalue weighted by Crippen LogP contribution is -2.39. The number of hydrogen-bond donors (Lipinski definition) is 4. The number of nitrogens with one attached hydrogen (secondary N) is 4. The second-order valence-corrected chi connectivity index (χ2v) is 6.65. The topological polar surface area (TPSA) is 104 Å². The van der Waals surface area contributed by atoms with Gasteiger partial charge >= 0.3 is 0 Å². The Labute approximate surface area is 149 Å². The Balaban J connectivity index is 1.35. The number of aromatic amines is 1. The summed E-state index contributed by atoms with van der Waals surface area (Å²) in [5.74, 6) is 0.749. The van der Waals surface area contributed by atoms with Gasteiger partial charge in [0.1, 0.15) is 12.1 Å². The van der Waals surface area contributed by atoms with Gasteiger partial charge in [0.25, 0.3) is 0 Å². The van der Waals surface area contributed by atoms with Gasteiger partial charge in [-0.2, -0.15) is 4.98 Å². The Morgan fingerprint density at radius 2 is 2.12 bits per heavy atom. The van der Waals surface area contributed by atoms with Gasteiger partial charge in [-0.1, -0.05) is 23.7 Å². The van der Waals surface area contributed by atoms with Crippen LogP contribution in [0.2, 0.25) is 5.02 Å². The van der Waals surface area contributed by atoms with E-state index in [0.29, 0.717) is 17.3 Å². The first-order valence-corrected chi connectivity index (χ1v) is 8.68. The fourth-order valence-electron chi connectivity index (χ4n) is 3.11. The molecule has 0 bridgehead atoms. The number of ether oxygens (including phenoxy) is 1. The molecule has 0 aliphatic carbocycles. The largest absolute Gasteiger partial charge is 0.370 e. The van der Waals surface area contributed by atoms with Crippen LogP contribution in [0.5, 0.6) is 0 Å². The van der Waals surface area contributed by atoms with Gasteiger partial charge in [0, 0.05) is 17.7 Å². The van der Waals surface area contributed by atoms with Gasteiger partial charge in [-0.05, 0) is 37.0 Å². The first-order valence-electron chi connectivity index (χ1n) is 8.30. The lowest BCUT2D eigenvalue weighted by atomic mass is 10.0. The third kappa shape index (κ3) is 3.67. The van der Waals surface area contributed by atoms with Crippen molar-refractivity contribution in [2.45, 2.75) is 37.5 Å². The van der Waals surface area contributed by atoms with Crippen molar-refractivity contribution in [3.8, 4) is 0 Å². The average Bonchev–Trinajstić information content (AvgIpc) is 3.36. The molecule has 4 N–H and O–H groups in total. The van der Waals surface area contributed by atoms with Crippen LogP contribution in [0.1, 0.15) is 42.8 Å². The zero-order valence-corrected chi connectivity index (χ0v) is 14.2. The zero-order valence-electron chi connectivity index (χ0n) is 13.5. The van der Waals surface area contributed by atoms with Gasteiger partial charge in [0.2, 0.25) is 11.9 Å². The first-order chi connectivity index (χ1) is 12.2. The van der Waals surface area contributed by atoms with Crippen molar-refractivity contribution < 1.29 is 9.53 Å². The highest BCUT2D eigenvalue weighted by molar-refractivity contribution is 6.30. The summed E-state index contributed by atoms with van der Waals surface area (Å²) < 4.78 is 5.55. The monoisotopic (exact) mass is 362 g/mol. The summed E-state index contributed by atoms with van der Waals surface area (Å²) in [4.78, 5) is 16.7. The maximum absolute atomic E-state index is 12.4. The van der Waals surface area contributed by atoms with Crippen molar-refractivity contribution in [3.63, 3.8) is 0 Å². The maximum Gasteiger partial charge on any atom is 0.248 e. The fourth-order valence-corrected chi connectivity index (χ4v) is 3.23. The van der Waals surface area contributed by atoms with E-state index in [0.717, 1.165) is 25.0 Å². The smallest absolute Gasteiger partial charge is 0.248 e. The third-order valence-electron chi connectivity index (χ3n) is 4.46. The second kappa shape index (κ2) is 7.09. The molecule has 0 spiro atoms. The molecule has 0 radical (unpaired) electrons. The normalized spacial score (nSPS) is 26.0. The van der Waals surface area contributed by atoms with E-state index in [2.05, 4.69) is 31.3 Å². The van der Waals surface area contributed by atoms with Crippen molar-refractivity contribution in [2.75, 3.05) is 11.9 Å². The Morgan fingerprint density at radius 3 is 2.88 bits per heavy atom. The first kappa shape index (κ1) is 16.5. The maximum atomic E-state index is 12.4. The molecule has 2 aliphatic heterocycles. The lowest BCUT2D eigenvalue weighted by molar-refractivity contribution is -0.117. The number of rotatable bonds is 4. The Bertz CT molecular complexity index is 743. The van der Waals surface area contributed by atoms with Gasteiger partial charge < -0.3 is 4.74 Å². The molecule has 2 aromatic rings. The summed E-state index contributed by atoms with van der Waals surface area (Å²) in [5.41, 5.74) is 7.23. The molecule has 4 rings (SSSR count). The van der Waals surface area contributed by atoms with Crippen molar-refractivity contribution >= 4 is 23.5 Å². The van der Waals surface area contributed by atoms with Crippen LogP contribution in [0.4, 0.5) is 5.95 Å². The zero-order chi connectivity index (χ0) is 17.2. The summed E-state index contributed by atoms with van der Waals surface area (Å²) in [6, 6.07) is 7.25. The summed E-state index contributed by atoms with van der Waals surface area (Å²) >= 11 is 5.91. The minimum absolute atomic E-state index is 0.0441. The summed E-state index contributed by atoms with van der Waals surface area (Å²) in [6.07, 6.45) is 2.49. The van der Waals surface area contributed by atoms with Gasteiger partial charge in [-0.25, -0.2) is 10.9 Å². The van der Waals surface area contributed by atoms with Crippen LogP contribution in [0.3, 0.4) is 0 Å². The van der Waals surface area contributed by atoms with Crippen LogP contribution in [-0.2, 0) is 9.53 Å². The van der Waals surface area contributed by atoms with E-state index in [1.54, 1.807) is 0 Å². The molecule has 2 saturated heterocycles. The average molecular weight is 363 g/mol. The fraction of sp³-hybridized carbons (Fsp3) is 0.438. The molecule has 1 amide bonds. The predicted molar refractivity (Wildman–Crippen MR) is 91.8 cm³/mol. The van der Waals surface area contributed by atoms with Gasteiger partial charge in [0.05, 0.1) is 0 Å². The minimum atomic E-state index is -0.370. The Kier molecular flexibility index (Phi) is 4.67. The Morgan fingerprint density at radius 1 is 1.28 bits per heavy atom. The molecule has 3 heterocycles. The van der Waals surface area contributed by atoms with Crippen molar-refractivity contribution in [1.82, 2.24) is 26.0 Å². The predicted octanol–water partition coefficient (Wildman–Crippen LogP) is 1.86. The molecular formula is C16H19ClN6O2. The number of nitrogens with zero attached hydrogens (tertiary/aromatic N) is 2. The van der Waals surface area contributed by atoms with Crippen molar-refractivity contribution in [2.24, 2.45) is 0 Å². The summed E-state index contributed by atoms with van der Waals surface area (Å²) in [6.45, 7) is 0.733. The molecule has 9 heteroatoms. The molecule has 2 aliphatic rings. The number of halogens is 1. The van der Waals surface area contributed by atoms with Crippen LogP contribution in [-0.4, -0.2) is 33.7 Å². The molecule has 3 atom stereocenters. The van der Waals surface area contributed by atoms with Crippen molar-refractivity contribution in [1.29, 1.82) is 0 Å². The van der Waals surface area contributed by atoms with Crippen LogP contribution in [0.15, 0.2) is 24.3 Å². The number of amides is 1. The Hall–Kier alpha value is -2.00. The van der Waals surface area contributed by atoms with E-state index in [-0.39, 0.29) is 30.0 Å². The molecule has 1 aromatic heterocycles. The van der Waals surface area contributed by atoms with E-state index < -0.39 is 0 Å². The van der Waals surface area contributed by atoms with Crippen LogP contribution >= 0.6 is 11.6 Å². The summed E-state index contributed by atoms with van der Waals surface area (Å²) in [7, 11) is 0. The second-order valence-electron chi connectivity index (χ2n) is 6.22. The van der Waals surface area contributed by atoms with E-state index in [9.17, 15) is 4.79 Å². The number of aromatic nitrogens is 3. The number of carbonyl (C=O) groups excluding carboxylic acids is 1. The molecular weight excluding hydrogens is 344 g/mol. The SMILES string of the molecule is O=C(Nc1n[nH]c(C2CCCO2)n1)C1CC(c2ccc(Cl)cc2)NN1. The van der Waals surface area contributed by atoms with Gasteiger partial charge in [0.15, 0.2) is 5.82 Å². The number of benzene rings is 1. The number of carbonyl (C=O) groups is 1. The number of H-pyrrole nitrogens is 1. The van der Waals surface area contributed by atoms with Crippen LogP contribution in [0.25, 0.3) is 0 Å². The molecule has 0 saturated carbocycles. The third-order valence-corrected chi connectivity index (χ3v) is 4.72. The highest BCUT2D eigenvalue weighted by Gasteiger charge is 2.31. The van der Waals surface area contributed by atoms with E-state index in [1.807, 2.05) is 24.3 Å². The van der Waals surface area contributed by atoms with E-state index in [4.69, 9.17) is 16.3 Å². The highest BCUT2D eigenvalue weighted by atomic mass is 35.5. The number of hydrogen-bond acceptors (Lipinski definition) is 6. The quantitative estimate of drug-likeness (QED) is 0.662. The lowest BCUT2D eigenvalue weighted by Gasteiger charge is -2.09. The van der Waals surface area contributed by atoms with Crippen LogP contribution < -0.4 is 16.2 Å². The number of anilines is 1. The van der Waals surface area contributed by atoms with E-state index >= 15 is 0 Å². The highest BCUT2D eigenvalue weighted by Crippen LogP contribution is 2.27. The molecule has 3 unspecified atom stereocenters. The molecule has 8 nitrogen and oxygen atoms in total. The molecule has 1 aromatic carbocycles. The minimum Gasteiger partial charge on any atom is -0.370 e. The van der Waals surface area contributed by atoms with E-state index in [1.165, 1.54) is 0 Å². The molecule has 132 valence electrons. The summed E-state index contributed by atoms with van der Waals surface area (Å²) in [5, 5.41) is 10.3. The number of hydrazine groups is 1. The van der Waals surface area contributed by atoms with Gasteiger partial charge in [-0.3, -0.25) is 15.2 Å².